The summed E-state index contributed by atoms with van der Waals surface area (Å²) in [5.74, 6) is -0.378. The smallest absolute Gasteiger partial charge is 0.274 e. The zero-order valence-corrected chi connectivity index (χ0v) is 37.2. The molecule has 0 radical (unpaired) electrons. The van der Waals surface area contributed by atoms with E-state index in [1.54, 1.807) is 14.1 Å². The molecule has 1 saturated heterocycles. The molecule has 1 fully saturated rings. The summed E-state index contributed by atoms with van der Waals surface area (Å²) in [4.78, 5) is 48.9. The number of nitrogens with zero attached hydrogens (tertiary/aromatic N) is 5. The van der Waals surface area contributed by atoms with Gasteiger partial charge in [0.25, 0.3) is 17.7 Å². The number of piperidine rings is 1. The van der Waals surface area contributed by atoms with Crippen LogP contribution in [0.25, 0.3) is 0 Å². The lowest BCUT2D eigenvalue weighted by Gasteiger charge is -2.45. The Kier molecular flexibility index (Phi) is 17.3. The van der Waals surface area contributed by atoms with Gasteiger partial charge in [0.2, 0.25) is 0 Å². The fourth-order valence-electron chi connectivity index (χ4n) is 6.93. The number of likely N-dealkylation sites (tertiary alicyclic amines) is 1. The number of aryl methyl sites for hydroxylation is 2. The number of sulfone groups is 2. The third-order valence-electron chi connectivity index (χ3n) is 10.5. The summed E-state index contributed by atoms with van der Waals surface area (Å²) in [6, 6.07) is 15.0. The number of hydrogen-bond acceptors (Lipinski definition) is 13. The number of halogens is 1. The van der Waals surface area contributed by atoms with Crippen LogP contribution in [-0.2, 0) is 42.1 Å². The Morgan fingerprint density at radius 1 is 0.783 bits per heavy atom. The SMILES string of the molecule is CN(CCS(C)(=O)=O)C(=O)COc1ccc(CCC[N+]2(CCCc3ccc(OCC(=O)N(C)CCS(C)(=O)=O)cc3)CCC[C@H](NC(=O)c3nc(Cl)c(N)nc3N)C2)cc1. The van der Waals surface area contributed by atoms with Gasteiger partial charge in [0.15, 0.2) is 35.7 Å². The van der Waals surface area contributed by atoms with Gasteiger partial charge in [-0.05, 0) is 61.1 Å². The Hall–Kier alpha value is -4.72. The van der Waals surface area contributed by atoms with Gasteiger partial charge in [0.1, 0.15) is 31.2 Å². The lowest BCUT2D eigenvalue weighted by Crippen LogP contribution is -2.60. The van der Waals surface area contributed by atoms with Crippen LogP contribution in [0.4, 0.5) is 11.6 Å². The predicted molar refractivity (Wildman–Crippen MR) is 231 cm³/mol. The van der Waals surface area contributed by atoms with Crippen molar-refractivity contribution in [3.05, 3.63) is 70.5 Å². The number of nitrogens with one attached hydrogen (secondary N) is 1. The van der Waals surface area contributed by atoms with Gasteiger partial charge in [-0.15, -0.1) is 0 Å². The summed E-state index contributed by atoms with van der Waals surface area (Å²) in [5.41, 5.74) is 13.9. The third kappa shape index (κ3) is 16.0. The number of rotatable bonds is 22. The molecule has 0 aliphatic carbocycles. The van der Waals surface area contributed by atoms with E-state index in [-0.39, 0.29) is 78.1 Å². The van der Waals surface area contributed by atoms with Crippen LogP contribution >= 0.6 is 11.6 Å². The largest absolute Gasteiger partial charge is 0.484 e. The molecule has 2 heterocycles. The molecule has 60 heavy (non-hydrogen) atoms. The molecule has 1 aliphatic rings. The molecule has 1 atom stereocenters. The molecule has 2 aromatic carbocycles. The summed E-state index contributed by atoms with van der Waals surface area (Å²) >= 11 is 6.06. The Morgan fingerprint density at radius 3 is 1.70 bits per heavy atom. The molecule has 0 spiro atoms. The van der Waals surface area contributed by atoms with Crippen LogP contribution in [0.15, 0.2) is 48.5 Å². The fraction of sp³-hybridized carbons (Fsp3) is 0.525. The molecule has 3 amide bonds. The highest BCUT2D eigenvalue weighted by molar-refractivity contribution is 7.90. The van der Waals surface area contributed by atoms with E-state index >= 15 is 0 Å². The minimum atomic E-state index is -3.19. The monoisotopic (exact) mass is 893 g/mol. The first-order chi connectivity index (χ1) is 28.2. The maximum absolute atomic E-state index is 13.3. The van der Waals surface area contributed by atoms with Crippen molar-refractivity contribution in [1.29, 1.82) is 0 Å². The first-order valence-corrected chi connectivity index (χ1v) is 24.2. The van der Waals surface area contributed by atoms with Crippen molar-refractivity contribution in [3.8, 4) is 11.5 Å². The second-order valence-electron chi connectivity index (χ2n) is 15.6. The Morgan fingerprint density at radius 2 is 1.25 bits per heavy atom. The molecule has 3 aromatic rings. The molecule has 0 bridgehead atoms. The molecular formula is C40H58ClN8O9S2+. The number of carbonyl (C=O) groups excluding carboxylic acids is 3. The Bertz CT molecular complexity index is 2050. The van der Waals surface area contributed by atoms with E-state index in [9.17, 15) is 31.2 Å². The van der Waals surface area contributed by atoms with Crippen molar-refractivity contribution in [2.75, 3.05) is 102 Å². The van der Waals surface area contributed by atoms with Gasteiger partial charge in [0.05, 0.1) is 43.7 Å². The van der Waals surface area contributed by atoms with Crippen LogP contribution in [0.1, 0.15) is 47.3 Å². The number of hydrogen-bond donors (Lipinski definition) is 3. The van der Waals surface area contributed by atoms with Gasteiger partial charge in [-0.2, -0.15) is 0 Å². The normalized spacial score (nSPS) is 15.2. The second kappa shape index (κ2) is 21.7. The van der Waals surface area contributed by atoms with Gasteiger partial charge < -0.3 is 40.5 Å². The number of amides is 3. The molecule has 17 nitrogen and oxygen atoms in total. The van der Waals surface area contributed by atoms with Crippen molar-refractivity contribution in [2.24, 2.45) is 0 Å². The minimum absolute atomic E-state index is 0.0488. The lowest BCUT2D eigenvalue weighted by molar-refractivity contribution is -0.933. The first-order valence-electron chi connectivity index (χ1n) is 19.7. The Labute approximate surface area is 358 Å². The van der Waals surface area contributed by atoms with Gasteiger partial charge in [-0.25, -0.2) is 26.8 Å². The number of nitrogens with two attached hydrogens (primary N) is 2. The molecule has 5 N–H and O–H groups in total. The van der Waals surface area contributed by atoms with E-state index in [1.165, 1.54) is 9.80 Å². The van der Waals surface area contributed by atoms with Gasteiger partial charge in [-0.1, -0.05) is 35.9 Å². The van der Waals surface area contributed by atoms with E-state index in [1.807, 2.05) is 48.5 Å². The second-order valence-corrected chi connectivity index (χ2v) is 20.5. The molecule has 0 unspecified atom stereocenters. The van der Waals surface area contributed by atoms with Crippen LogP contribution in [0.5, 0.6) is 11.5 Å². The minimum Gasteiger partial charge on any atom is -0.484 e. The number of nitrogen functional groups attached to an aromatic ring is 2. The lowest BCUT2D eigenvalue weighted by atomic mass is 9.99. The third-order valence-corrected chi connectivity index (χ3v) is 12.6. The van der Waals surface area contributed by atoms with Crippen molar-refractivity contribution in [2.45, 2.75) is 44.6 Å². The van der Waals surface area contributed by atoms with Gasteiger partial charge >= 0.3 is 0 Å². The summed E-state index contributed by atoms with van der Waals surface area (Å²) in [6.45, 7) is 3.19. The molecular weight excluding hydrogens is 836 g/mol. The van der Waals surface area contributed by atoms with Crippen LogP contribution < -0.4 is 26.3 Å². The van der Waals surface area contributed by atoms with Gasteiger partial charge in [0, 0.05) is 52.5 Å². The van der Waals surface area contributed by atoms with Crippen molar-refractivity contribution < 1.29 is 45.2 Å². The van der Waals surface area contributed by atoms with E-state index < -0.39 is 25.6 Å². The average Bonchev–Trinajstić information content (AvgIpc) is 3.19. The zero-order valence-electron chi connectivity index (χ0n) is 34.8. The summed E-state index contributed by atoms with van der Waals surface area (Å²) < 4.78 is 57.9. The molecule has 20 heteroatoms. The van der Waals surface area contributed by atoms with Crippen LogP contribution in [0, 0.1) is 0 Å². The number of anilines is 2. The maximum atomic E-state index is 13.3. The molecule has 4 rings (SSSR count). The highest BCUT2D eigenvalue weighted by atomic mass is 35.5. The molecule has 0 saturated carbocycles. The molecule has 1 aromatic heterocycles. The van der Waals surface area contributed by atoms with Crippen molar-refractivity contribution in [3.63, 3.8) is 0 Å². The average molecular weight is 895 g/mol. The summed E-state index contributed by atoms with van der Waals surface area (Å²) in [7, 11) is -3.28. The topological polar surface area (TPSA) is 234 Å². The highest BCUT2D eigenvalue weighted by Gasteiger charge is 2.36. The number of ether oxygens (including phenoxy) is 2. The van der Waals surface area contributed by atoms with Gasteiger partial charge in [-0.3, -0.25) is 14.4 Å². The molecule has 330 valence electrons. The number of likely N-dealkylation sites (N-methyl/N-ethyl adjacent to an activating group) is 2. The zero-order chi connectivity index (χ0) is 44.1. The van der Waals surface area contributed by atoms with Crippen LogP contribution in [-0.4, -0.2) is 155 Å². The number of quaternary nitrogens is 1. The molecule has 1 aliphatic heterocycles. The predicted octanol–water partition coefficient (Wildman–Crippen LogP) is 2.03. The quantitative estimate of drug-likeness (QED) is 0.123. The van der Waals surface area contributed by atoms with Crippen molar-refractivity contribution >= 4 is 60.6 Å². The maximum Gasteiger partial charge on any atom is 0.274 e. The summed E-state index contributed by atoms with van der Waals surface area (Å²) in [5, 5.41) is 3.03. The van der Waals surface area contributed by atoms with Crippen molar-refractivity contribution in [1.82, 2.24) is 25.1 Å². The number of benzene rings is 2. The Balaban J connectivity index is 1.35. The number of carbonyl (C=O) groups is 3. The van der Waals surface area contributed by atoms with E-state index in [0.29, 0.717) is 18.0 Å². The standard InChI is InChI=1S/C40H57ClN8O9S2/c1-47(19-24-59(3,53)54)34(50)27-57-32-15-11-29(12-16-32)8-5-21-49(23-7-10-31(26-49)44-40(52)36-38(42)46-39(43)37(41)45-36)22-6-9-30-13-17-33(18-14-30)58-28-35(51)48(2)20-25-60(4,55)56/h11-18,31H,5-10,19-28H2,1-4H3,(H4-,42,43,44,46,52)/p+1/t31-/m0/s1. The first kappa shape index (κ1) is 48.0. The van der Waals surface area contributed by atoms with E-state index in [4.69, 9.17) is 32.5 Å². The summed E-state index contributed by atoms with van der Waals surface area (Å²) in [6.07, 6.45) is 7.32. The number of aromatic nitrogens is 2. The van der Waals surface area contributed by atoms with E-state index in [0.717, 1.165) is 86.3 Å². The van der Waals surface area contributed by atoms with Crippen LogP contribution in [0.2, 0.25) is 5.15 Å². The van der Waals surface area contributed by atoms with Crippen LogP contribution in [0.3, 0.4) is 0 Å². The fourth-order valence-corrected chi connectivity index (χ4v) is 8.27. The van der Waals surface area contributed by atoms with E-state index in [2.05, 4.69) is 15.3 Å². The highest BCUT2D eigenvalue weighted by Crippen LogP contribution is 2.25.